The molecule has 4 heterocycles. The molecule has 7 heteroatoms. The number of hydrogen-bond donors (Lipinski definition) is 0. The molecule has 1 aromatic carbocycles. The van der Waals surface area contributed by atoms with Gasteiger partial charge >= 0.3 is 0 Å². The normalized spacial score (nSPS) is 20.7. The lowest BCUT2D eigenvalue weighted by Crippen LogP contribution is -2.33. The molecule has 0 aliphatic carbocycles. The number of carbonyl (C=O) groups excluding carboxylic acids is 1. The minimum atomic E-state index is 0.0751. The van der Waals surface area contributed by atoms with Crippen molar-refractivity contribution in [2.24, 2.45) is 11.8 Å². The van der Waals surface area contributed by atoms with Crippen LogP contribution in [-0.4, -0.2) is 51.9 Å². The van der Waals surface area contributed by atoms with E-state index in [0.29, 0.717) is 22.4 Å². The van der Waals surface area contributed by atoms with Crippen LogP contribution in [-0.2, 0) is 0 Å². The highest BCUT2D eigenvalue weighted by molar-refractivity contribution is 6.30. The van der Waals surface area contributed by atoms with E-state index in [0.717, 1.165) is 43.3 Å². The smallest absolute Gasteiger partial charge is 0.255 e. The molecule has 2 aromatic heterocycles. The summed E-state index contributed by atoms with van der Waals surface area (Å²) in [7, 11) is 0. The van der Waals surface area contributed by atoms with Gasteiger partial charge in [0.15, 0.2) is 0 Å². The first-order valence-electron chi connectivity index (χ1n) is 9.69. The zero-order valence-electron chi connectivity index (χ0n) is 15.8. The number of aromatic nitrogens is 3. The molecule has 0 bridgehead atoms. The fourth-order valence-corrected chi connectivity index (χ4v) is 4.40. The Bertz CT molecular complexity index is 996. The van der Waals surface area contributed by atoms with E-state index in [1.807, 2.05) is 47.6 Å². The second kappa shape index (κ2) is 7.44. The molecular weight excluding hydrogens is 386 g/mol. The monoisotopic (exact) mass is 405 g/mol. The van der Waals surface area contributed by atoms with Gasteiger partial charge in [-0.2, -0.15) is 0 Å². The van der Waals surface area contributed by atoms with Crippen molar-refractivity contribution in [2.45, 2.75) is 0 Å². The maximum Gasteiger partial charge on any atom is 0.255 e. The molecule has 6 nitrogen and oxygen atoms in total. The number of rotatable bonds is 3. The van der Waals surface area contributed by atoms with Gasteiger partial charge in [0.1, 0.15) is 5.82 Å². The highest BCUT2D eigenvalue weighted by atomic mass is 35.5. The van der Waals surface area contributed by atoms with E-state index in [9.17, 15) is 4.79 Å². The standard InChI is InChI=1S/C22H20ClN5O/c23-19-5-3-15(4-6-19)20-9-26-21(10-25-20)27-11-17-13-28(14-18(17)12-27)22(29)16-2-1-7-24-8-16/h1-10,17-18H,11-14H2. The van der Waals surface area contributed by atoms with Crippen molar-refractivity contribution in [3.63, 3.8) is 0 Å². The average Bonchev–Trinajstić information content (AvgIpc) is 3.34. The van der Waals surface area contributed by atoms with Gasteiger partial charge in [0.25, 0.3) is 5.91 Å². The van der Waals surface area contributed by atoms with Crippen LogP contribution in [0.5, 0.6) is 0 Å². The first kappa shape index (κ1) is 18.1. The maximum atomic E-state index is 12.7. The molecule has 0 spiro atoms. The summed E-state index contributed by atoms with van der Waals surface area (Å²) in [6.07, 6.45) is 6.97. The molecule has 2 aliphatic heterocycles. The zero-order chi connectivity index (χ0) is 19.8. The molecule has 2 saturated heterocycles. The van der Waals surface area contributed by atoms with Crippen molar-refractivity contribution >= 4 is 23.3 Å². The van der Waals surface area contributed by atoms with Crippen molar-refractivity contribution in [3.05, 3.63) is 71.8 Å². The third-order valence-corrected chi connectivity index (χ3v) is 6.04. The van der Waals surface area contributed by atoms with Crippen molar-refractivity contribution in [1.82, 2.24) is 19.9 Å². The van der Waals surface area contributed by atoms with Gasteiger partial charge < -0.3 is 9.80 Å². The summed E-state index contributed by atoms with van der Waals surface area (Å²) in [6, 6.07) is 11.2. The molecule has 0 N–H and O–H groups in total. The van der Waals surface area contributed by atoms with Crippen LogP contribution in [0.2, 0.25) is 5.02 Å². The van der Waals surface area contributed by atoms with E-state index in [2.05, 4.69) is 19.9 Å². The third kappa shape index (κ3) is 3.56. The molecule has 0 radical (unpaired) electrons. The fraction of sp³-hybridized carbons (Fsp3) is 0.273. The number of nitrogens with zero attached hydrogens (tertiary/aromatic N) is 5. The summed E-state index contributed by atoms with van der Waals surface area (Å²) >= 11 is 5.95. The fourth-order valence-electron chi connectivity index (χ4n) is 4.27. The minimum Gasteiger partial charge on any atom is -0.355 e. The summed E-state index contributed by atoms with van der Waals surface area (Å²) in [5.74, 6) is 1.90. The van der Waals surface area contributed by atoms with Gasteiger partial charge in [-0.3, -0.25) is 14.8 Å². The van der Waals surface area contributed by atoms with Crippen molar-refractivity contribution in [2.75, 3.05) is 31.1 Å². The van der Waals surface area contributed by atoms with E-state index < -0.39 is 0 Å². The van der Waals surface area contributed by atoms with Gasteiger partial charge in [0.05, 0.1) is 23.7 Å². The summed E-state index contributed by atoms with van der Waals surface area (Å²) < 4.78 is 0. The van der Waals surface area contributed by atoms with Crippen LogP contribution in [0.1, 0.15) is 10.4 Å². The van der Waals surface area contributed by atoms with Gasteiger partial charge in [0.2, 0.25) is 0 Å². The lowest BCUT2D eigenvalue weighted by molar-refractivity contribution is 0.0782. The summed E-state index contributed by atoms with van der Waals surface area (Å²) in [5, 5.41) is 0.706. The Kier molecular flexibility index (Phi) is 4.64. The van der Waals surface area contributed by atoms with Crippen molar-refractivity contribution in [3.8, 4) is 11.3 Å². The summed E-state index contributed by atoms with van der Waals surface area (Å²) in [4.78, 5) is 30.2. The molecule has 29 heavy (non-hydrogen) atoms. The van der Waals surface area contributed by atoms with Gasteiger partial charge in [-0.05, 0) is 24.3 Å². The number of anilines is 1. The second-order valence-corrected chi connectivity index (χ2v) is 8.08. The van der Waals surface area contributed by atoms with Crippen LogP contribution in [0.15, 0.2) is 61.2 Å². The zero-order valence-corrected chi connectivity index (χ0v) is 16.5. The Balaban J connectivity index is 1.23. The number of halogens is 1. The lowest BCUT2D eigenvalue weighted by atomic mass is 10.0. The highest BCUT2D eigenvalue weighted by Crippen LogP contribution is 2.34. The second-order valence-electron chi connectivity index (χ2n) is 7.64. The van der Waals surface area contributed by atoms with E-state index in [-0.39, 0.29) is 5.91 Å². The van der Waals surface area contributed by atoms with E-state index in [4.69, 9.17) is 11.6 Å². The third-order valence-electron chi connectivity index (χ3n) is 5.78. The highest BCUT2D eigenvalue weighted by Gasteiger charge is 2.42. The molecule has 146 valence electrons. The summed E-state index contributed by atoms with van der Waals surface area (Å²) in [6.45, 7) is 3.36. The SMILES string of the molecule is O=C(c1cccnc1)N1CC2CN(c3cnc(-c4ccc(Cl)cc4)cn3)CC2C1. The van der Waals surface area contributed by atoms with E-state index in [1.54, 1.807) is 18.5 Å². The number of benzene rings is 1. The molecule has 2 unspecified atom stereocenters. The Hall–Kier alpha value is -2.99. The molecular formula is C22H20ClN5O. The van der Waals surface area contributed by atoms with Crippen LogP contribution < -0.4 is 4.90 Å². The number of carbonyl (C=O) groups is 1. The quantitative estimate of drug-likeness (QED) is 0.668. The molecule has 2 aliphatic rings. The number of likely N-dealkylation sites (tertiary alicyclic amines) is 1. The van der Waals surface area contributed by atoms with Gasteiger partial charge in [-0.25, -0.2) is 4.98 Å². The molecule has 5 rings (SSSR count). The molecule has 2 fully saturated rings. The van der Waals surface area contributed by atoms with Crippen LogP contribution in [0.3, 0.4) is 0 Å². The van der Waals surface area contributed by atoms with Crippen LogP contribution in [0.4, 0.5) is 5.82 Å². The lowest BCUT2D eigenvalue weighted by Gasteiger charge is -2.22. The first-order chi connectivity index (χ1) is 14.2. The van der Waals surface area contributed by atoms with Gasteiger partial charge in [-0.1, -0.05) is 23.7 Å². The Labute approximate surface area is 174 Å². The number of amides is 1. The predicted octanol–water partition coefficient (Wildman–Crippen LogP) is 3.40. The topological polar surface area (TPSA) is 62.2 Å². The Morgan fingerprint density at radius 1 is 0.931 bits per heavy atom. The van der Waals surface area contributed by atoms with Gasteiger partial charge in [0, 0.05) is 61.0 Å². The number of fused-ring (bicyclic) bond motifs is 1. The van der Waals surface area contributed by atoms with Crippen LogP contribution in [0, 0.1) is 11.8 Å². The number of pyridine rings is 1. The summed E-state index contributed by atoms with van der Waals surface area (Å²) in [5.41, 5.74) is 2.49. The molecule has 3 aromatic rings. The minimum absolute atomic E-state index is 0.0751. The molecule has 2 atom stereocenters. The van der Waals surface area contributed by atoms with Gasteiger partial charge in [-0.15, -0.1) is 0 Å². The maximum absolute atomic E-state index is 12.7. The van der Waals surface area contributed by atoms with Crippen LogP contribution in [0.25, 0.3) is 11.3 Å². The molecule has 0 saturated carbocycles. The number of hydrogen-bond acceptors (Lipinski definition) is 5. The average molecular weight is 406 g/mol. The predicted molar refractivity (Wildman–Crippen MR) is 112 cm³/mol. The largest absolute Gasteiger partial charge is 0.355 e. The first-order valence-corrected chi connectivity index (χ1v) is 10.1. The molecule has 1 amide bonds. The van der Waals surface area contributed by atoms with Crippen molar-refractivity contribution in [1.29, 1.82) is 0 Å². The van der Waals surface area contributed by atoms with E-state index >= 15 is 0 Å². The van der Waals surface area contributed by atoms with E-state index in [1.165, 1.54) is 0 Å². The van der Waals surface area contributed by atoms with Crippen LogP contribution >= 0.6 is 11.6 Å². The Morgan fingerprint density at radius 2 is 1.69 bits per heavy atom. The van der Waals surface area contributed by atoms with Crippen molar-refractivity contribution < 1.29 is 4.79 Å². The Morgan fingerprint density at radius 3 is 2.31 bits per heavy atom.